The van der Waals surface area contributed by atoms with Crippen LogP contribution in [0, 0.1) is 17.0 Å². The van der Waals surface area contributed by atoms with E-state index >= 15 is 0 Å². The van der Waals surface area contributed by atoms with E-state index in [9.17, 15) is 10.1 Å². The van der Waals surface area contributed by atoms with E-state index in [-0.39, 0.29) is 10.6 Å². The summed E-state index contributed by atoms with van der Waals surface area (Å²) >= 11 is 0. The zero-order chi connectivity index (χ0) is 15.2. The lowest BCUT2D eigenvalue weighted by Gasteiger charge is -2.10. The van der Waals surface area contributed by atoms with Gasteiger partial charge in [0, 0.05) is 17.8 Å². The number of para-hydroxylation sites is 1. The number of anilines is 2. The molecule has 2 aromatic rings. The van der Waals surface area contributed by atoms with Crippen LogP contribution < -0.4 is 15.8 Å². The molecule has 0 radical (unpaired) electrons. The third-order valence-corrected chi connectivity index (χ3v) is 2.94. The quantitative estimate of drug-likeness (QED) is 0.629. The van der Waals surface area contributed by atoms with E-state index in [1.165, 1.54) is 0 Å². The van der Waals surface area contributed by atoms with Crippen LogP contribution in [-0.2, 0) is 0 Å². The minimum absolute atomic E-state index is 0.0842. The van der Waals surface area contributed by atoms with Crippen LogP contribution >= 0.6 is 0 Å². The molecule has 0 saturated heterocycles. The largest absolute Gasteiger partial charge is 0.492 e. The SMILES string of the molecule is Cc1cccc(Nc2ccc(OCCN)cc2)c1[N+](=O)[O-]. The fourth-order valence-electron chi connectivity index (χ4n) is 1.97. The molecule has 6 nitrogen and oxygen atoms in total. The Labute approximate surface area is 122 Å². The van der Waals surface area contributed by atoms with Gasteiger partial charge in [0.05, 0.1) is 4.92 Å². The predicted octanol–water partition coefficient (Wildman–Crippen LogP) is 2.98. The van der Waals surface area contributed by atoms with Gasteiger partial charge >= 0.3 is 0 Å². The van der Waals surface area contributed by atoms with Crippen molar-refractivity contribution >= 4 is 17.1 Å². The van der Waals surface area contributed by atoms with Gasteiger partial charge in [-0.2, -0.15) is 0 Å². The Morgan fingerprint density at radius 3 is 2.57 bits per heavy atom. The molecule has 110 valence electrons. The second kappa shape index (κ2) is 6.71. The Hall–Kier alpha value is -2.60. The Kier molecular flexibility index (Phi) is 4.73. The lowest BCUT2D eigenvalue weighted by atomic mass is 10.1. The molecular weight excluding hydrogens is 270 g/mol. The van der Waals surface area contributed by atoms with Gasteiger partial charge in [0.15, 0.2) is 0 Å². The average molecular weight is 287 g/mol. The summed E-state index contributed by atoms with van der Waals surface area (Å²) in [5, 5.41) is 14.2. The highest BCUT2D eigenvalue weighted by atomic mass is 16.6. The number of nitrogens with two attached hydrogens (primary N) is 1. The van der Waals surface area contributed by atoms with Crippen LogP contribution in [-0.4, -0.2) is 18.1 Å². The molecule has 0 spiro atoms. The number of nitro groups is 1. The Morgan fingerprint density at radius 2 is 1.95 bits per heavy atom. The first-order valence-corrected chi connectivity index (χ1v) is 6.56. The summed E-state index contributed by atoms with van der Waals surface area (Å²) in [6.07, 6.45) is 0. The Balaban J connectivity index is 2.19. The van der Waals surface area contributed by atoms with Gasteiger partial charge in [-0.05, 0) is 37.3 Å². The van der Waals surface area contributed by atoms with Gasteiger partial charge in [-0.1, -0.05) is 12.1 Å². The van der Waals surface area contributed by atoms with Crippen molar-refractivity contribution in [2.45, 2.75) is 6.92 Å². The molecule has 0 unspecified atom stereocenters. The summed E-state index contributed by atoms with van der Waals surface area (Å²) in [4.78, 5) is 10.8. The fraction of sp³-hybridized carbons (Fsp3) is 0.200. The van der Waals surface area contributed by atoms with Gasteiger partial charge in [0.25, 0.3) is 5.69 Å². The number of nitro benzene ring substituents is 1. The van der Waals surface area contributed by atoms with Gasteiger partial charge < -0.3 is 15.8 Å². The number of rotatable bonds is 6. The van der Waals surface area contributed by atoms with Gasteiger partial charge in [-0.25, -0.2) is 0 Å². The summed E-state index contributed by atoms with van der Waals surface area (Å²) in [7, 11) is 0. The maximum absolute atomic E-state index is 11.1. The van der Waals surface area contributed by atoms with E-state index in [1.54, 1.807) is 49.4 Å². The van der Waals surface area contributed by atoms with Crippen LogP contribution in [0.3, 0.4) is 0 Å². The van der Waals surface area contributed by atoms with Crippen LogP contribution in [0.4, 0.5) is 17.1 Å². The average Bonchev–Trinajstić information content (AvgIpc) is 2.46. The number of benzene rings is 2. The second-order valence-corrected chi connectivity index (χ2v) is 4.51. The van der Waals surface area contributed by atoms with Crippen LogP contribution in [0.5, 0.6) is 5.75 Å². The molecule has 0 heterocycles. The second-order valence-electron chi connectivity index (χ2n) is 4.51. The van der Waals surface area contributed by atoms with E-state index in [0.717, 1.165) is 5.69 Å². The van der Waals surface area contributed by atoms with Crippen LogP contribution in [0.2, 0.25) is 0 Å². The maximum Gasteiger partial charge on any atom is 0.295 e. The number of ether oxygens (including phenoxy) is 1. The molecule has 3 N–H and O–H groups in total. The first-order chi connectivity index (χ1) is 10.1. The molecule has 2 aromatic carbocycles. The van der Waals surface area contributed by atoms with E-state index in [0.29, 0.717) is 30.2 Å². The number of hydrogen-bond donors (Lipinski definition) is 2. The minimum Gasteiger partial charge on any atom is -0.492 e. The van der Waals surface area contributed by atoms with E-state index in [1.807, 2.05) is 0 Å². The Morgan fingerprint density at radius 1 is 1.24 bits per heavy atom. The van der Waals surface area contributed by atoms with Gasteiger partial charge in [0.2, 0.25) is 0 Å². The van der Waals surface area contributed by atoms with E-state index < -0.39 is 0 Å². The lowest BCUT2D eigenvalue weighted by molar-refractivity contribution is -0.384. The van der Waals surface area contributed by atoms with Gasteiger partial charge in [0.1, 0.15) is 18.0 Å². The molecular formula is C15H17N3O3. The van der Waals surface area contributed by atoms with Crippen LogP contribution in [0.25, 0.3) is 0 Å². The monoisotopic (exact) mass is 287 g/mol. The number of nitrogens with one attached hydrogen (secondary N) is 1. The molecule has 0 fully saturated rings. The highest BCUT2D eigenvalue weighted by molar-refractivity contribution is 5.71. The molecule has 6 heteroatoms. The predicted molar refractivity (Wildman–Crippen MR) is 82.1 cm³/mol. The van der Waals surface area contributed by atoms with Crippen LogP contribution in [0.1, 0.15) is 5.56 Å². The molecule has 21 heavy (non-hydrogen) atoms. The van der Waals surface area contributed by atoms with Crippen molar-refractivity contribution in [1.29, 1.82) is 0 Å². The molecule has 0 aliphatic rings. The van der Waals surface area contributed by atoms with Crippen molar-refractivity contribution in [2.24, 2.45) is 5.73 Å². The summed E-state index contributed by atoms with van der Waals surface area (Å²) in [5.41, 5.74) is 7.29. The molecule has 0 aromatic heterocycles. The van der Waals surface area contributed by atoms with Crippen molar-refractivity contribution < 1.29 is 9.66 Å². The maximum atomic E-state index is 11.1. The third kappa shape index (κ3) is 3.70. The van der Waals surface area contributed by atoms with Gasteiger partial charge in [-0.15, -0.1) is 0 Å². The van der Waals surface area contributed by atoms with Crippen molar-refractivity contribution in [2.75, 3.05) is 18.5 Å². The van der Waals surface area contributed by atoms with Crippen molar-refractivity contribution in [3.05, 3.63) is 58.1 Å². The number of aryl methyl sites for hydroxylation is 1. The van der Waals surface area contributed by atoms with Gasteiger partial charge in [-0.3, -0.25) is 10.1 Å². The fourth-order valence-corrected chi connectivity index (χ4v) is 1.97. The minimum atomic E-state index is -0.379. The topological polar surface area (TPSA) is 90.4 Å². The lowest BCUT2D eigenvalue weighted by Crippen LogP contribution is -2.10. The Bertz CT molecular complexity index is 627. The smallest absolute Gasteiger partial charge is 0.295 e. The van der Waals surface area contributed by atoms with E-state index in [2.05, 4.69) is 5.32 Å². The first-order valence-electron chi connectivity index (χ1n) is 6.56. The molecule has 0 aliphatic carbocycles. The molecule has 0 bridgehead atoms. The highest BCUT2D eigenvalue weighted by Crippen LogP contribution is 2.30. The summed E-state index contributed by atoms with van der Waals surface area (Å²) in [6, 6.07) is 12.4. The van der Waals surface area contributed by atoms with Crippen LogP contribution in [0.15, 0.2) is 42.5 Å². The van der Waals surface area contributed by atoms with Crippen molar-refractivity contribution in [1.82, 2.24) is 0 Å². The zero-order valence-electron chi connectivity index (χ0n) is 11.7. The molecule has 0 saturated carbocycles. The highest BCUT2D eigenvalue weighted by Gasteiger charge is 2.16. The van der Waals surface area contributed by atoms with Crippen molar-refractivity contribution in [3.8, 4) is 5.75 Å². The first kappa shape index (κ1) is 14.8. The summed E-state index contributed by atoms with van der Waals surface area (Å²) in [5.74, 6) is 0.713. The molecule has 0 amide bonds. The normalized spacial score (nSPS) is 10.2. The van der Waals surface area contributed by atoms with Crippen molar-refractivity contribution in [3.63, 3.8) is 0 Å². The van der Waals surface area contributed by atoms with E-state index in [4.69, 9.17) is 10.5 Å². The molecule has 0 aliphatic heterocycles. The summed E-state index contributed by atoms with van der Waals surface area (Å²) in [6.45, 7) is 2.62. The number of hydrogen-bond acceptors (Lipinski definition) is 5. The number of nitrogens with zero attached hydrogens (tertiary/aromatic N) is 1. The molecule has 0 atom stereocenters. The third-order valence-electron chi connectivity index (χ3n) is 2.94. The zero-order valence-corrected chi connectivity index (χ0v) is 11.7. The summed E-state index contributed by atoms with van der Waals surface area (Å²) < 4.78 is 5.38. The standard InChI is InChI=1S/C15H17N3O3/c1-11-3-2-4-14(15(11)18(19)20)17-12-5-7-13(8-6-12)21-10-9-16/h2-8,17H,9-10,16H2,1H3. The molecule has 2 rings (SSSR count).